The zero-order valence-electron chi connectivity index (χ0n) is 10.7. The first-order chi connectivity index (χ1) is 8.86. The molecular weight excluding hydrogens is 305 g/mol. The van der Waals surface area contributed by atoms with Crippen molar-refractivity contribution in [2.24, 2.45) is 0 Å². The van der Waals surface area contributed by atoms with Gasteiger partial charge in [-0.1, -0.05) is 29.3 Å². The van der Waals surface area contributed by atoms with E-state index in [9.17, 15) is 9.90 Å². The van der Waals surface area contributed by atoms with Gasteiger partial charge < -0.3 is 10.0 Å². The predicted molar refractivity (Wildman–Crippen MR) is 79.7 cm³/mol. The molecule has 3 nitrogen and oxygen atoms in total. The lowest BCUT2D eigenvalue weighted by Crippen LogP contribution is -2.48. The van der Waals surface area contributed by atoms with Crippen molar-refractivity contribution in [3.05, 3.63) is 33.8 Å². The summed E-state index contributed by atoms with van der Waals surface area (Å²) in [5.41, 5.74) is 0.234. The van der Waals surface area contributed by atoms with Gasteiger partial charge in [0.2, 0.25) is 5.91 Å². The first kappa shape index (κ1) is 15.0. The van der Waals surface area contributed by atoms with Crippen molar-refractivity contribution < 1.29 is 9.90 Å². The van der Waals surface area contributed by atoms with E-state index in [-0.39, 0.29) is 17.9 Å². The van der Waals surface area contributed by atoms with Gasteiger partial charge >= 0.3 is 0 Å². The van der Waals surface area contributed by atoms with E-state index in [1.165, 1.54) is 11.8 Å². The molecule has 1 atom stereocenters. The Morgan fingerprint density at radius 1 is 1.47 bits per heavy atom. The van der Waals surface area contributed by atoms with Crippen LogP contribution in [0.15, 0.2) is 18.2 Å². The Kier molecular flexibility index (Phi) is 4.35. The molecule has 0 bridgehead atoms. The number of thioether (sulfide) groups is 1. The minimum Gasteiger partial charge on any atom is -0.394 e. The average Bonchev–Trinajstić information content (AvgIpc) is 2.72. The smallest absolute Gasteiger partial charge is 0.234 e. The van der Waals surface area contributed by atoms with Gasteiger partial charge in [0.15, 0.2) is 0 Å². The summed E-state index contributed by atoms with van der Waals surface area (Å²) in [6.07, 6.45) is 0. The van der Waals surface area contributed by atoms with Crippen molar-refractivity contribution in [3.63, 3.8) is 0 Å². The first-order valence-corrected chi connectivity index (χ1v) is 7.67. The van der Waals surface area contributed by atoms with Gasteiger partial charge in [0.25, 0.3) is 0 Å². The van der Waals surface area contributed by atoms with Gasteiger partial charge in [-0.2, -0.15) is 0 Å². The summed E-state index contributed by atoms with van der Waals surface area (Å²) in [4.78, 5) is 13.8. The molecule has 1 aliphatic heterocycles. The number of carbonyl (C=O) groups excluding carboxylic acids is 1. The highest BCUT2D eigenvalue weighted by atomic mass is 35.5. The second-order valence-electron chi connectivity index (χ2n) is 5.06. The fraction of sp³-hybridized carbons (Fsp3) is 0.462. The Bertz CT molecular complexity index is 507. The van der Waals surface area contributed by atoms with Gasteiger partial charge in [-0.25, -0.2) is 0 Å². The molecule has 104 valence electrons. The molecule has 6 heteroatoms. The summed E-state index contributed by atoms with van der Waals surface area (Å²) < 4.78 is 0. The van der Waals surface area contributed by atoms with E-state index < -0.39 is 5.54 Å². The van der Waals surface area contributed by atoms with Gasteiger partial charge in [0.1, 0.15) is 5.37 Å². The molecule has 1 unspecified atom stereocenters. The molecule has 1 fully saturated rings. The Morgan fingerprint density at radius 2 is 2.16 bits per heavy atom. The number of hydrogen-bond donors (Lipinski definition) is 1. The third-order valence-electron chi connectivity index (χ3n) is 3.14. The number of aliphatic hydroxyl groups is 1. The Balaban J connectivity index is 2.40. The van der Waals surface area contributed by atoms with E-state index in [1.807, 2.05) is 19.9 Å². The SMILES string of the molecule is CC(C)(CO)N1C(=O)CSC1c1ccc(Cl)cc1Cl. The highest BCUT2D eigenvalue weighted by Crippen LogP contribution is 2.45. The van der Waals surface area contributed by atoms with E-state index in [4.69, 9.17) is 23.2 Å². The zero-order chi connectivity index (χ0) is 14.2. The molecule has 1 aromatic rings. The van der Waals surface area contributed by atoms with E-state index in [0.29, 0.717) is 15.8 Å². The van der Waals surface area contributed by atoms with Crippen LogP contribution in [0.3, 0.4) is 0 Å². The van der Waals surface area contributed by atoms with E-state index in [2.05, 4.69) is 0 Å². The molecule has 1 aromatic carbocycles. The third kappa shape index (κ3) is 2.87. The molecule has 0 aromatic heterocycles. The second-order valence-corrected chi connectivity index (χ2v) is 6.98. The fourth-order valence-corrected chi connectivity index (χ4v) is 4.04. The molecule has 0 aliphatic carbocycles. The quantitative estimate of drug-likeness (QED) is 0.928. The molecule has 0 saturated carbocycles. The van der Waals surface area contributed by atoms with Crippen LogP contribution >= 0.6 is 35.0 Å². The molecule has 0 spiro atoms. The summed E-state index contributed by atoms with van der Waals surface area (Å²) in [7, 11) is 0. The summed E-state index contributed by atoms with van der Waals surface area (Å²) in [5.74, 6) is 0.410. The van der Waals surface area contributed by atoms with Crippen molar-refractivity contribution >= 4 is 40.9 Å². The van der Waals surface area contributed by atoms with Crippen LogP contribution in [-0.2, 0) is 4.79 Å². The molecule has 1 heterocycles. The van der Waals surface area contributed by atoms with Crippen LogP contribution in [0.1, 0.15) is 24.8 Å². The molecule has 1 aliphatic rings. The average molecular weight is 320 g/mol. The van der Waals surface area contributed by atoms with Crippen LogP contribution < -0.4 is 0 Å². The topological polar surface area (TPSA) is 40.5 Å². The van der Waals surface area contributed by atoms with Crippen molar-refractivity contribution in [3.8, 4) is 0 Å². The minimum atomic E-state index is -0.617. The van der Waals surface area contributed by atoms with Crippen molar-refractivity contribution in [1.29, 1.82) is 0 Å². The van der Waals surface area contributed by atoms with Gasteiger partial charge in [0, 0.05) is 15.6 Å². The summed E-state index contributed by atoms with van der Waals surface area (Å²) in [6, 6.07) is 5.27. The second kappa shape index (κ2) is 5.52. The molecule has 1 N–H and O–H groups in total. The predicted octanol–water partition coefficient (Wildman–Crippen LogP) is 3.34. The Morgan fingerprint density at radius 3 is 2.74 bits per heavy atom. The minimum absolute atomic E-state index is 0.0140. The van der Waals surface area contributed by atoms with Crippen LogP contribution in [0.25, 0.3) is 0 Å². The Labute approximate surface area is 126 Å². The monoisotopic (exact) mass is 319 g/mol. The maximum atomic E-state index is 12.1. The van der Waals surface area contributed by atoms with Crippen LogP contribution in [0.4, 0.5) is 0 Å². The zero-order valence-corrected chi connectivity index (χ0v) is 13.0. The van der Waals surface area contributed by atoms with E-state index in [0.717, 1.165) is 5.56 Å². The highest BCUT2D eigenvalue weighted by Gasteiger charge is 2.42. The molecule has 0 radical (unpaired) electrons. The van der Waals surface area contributed by atoms with E-state index in [1.54, 1.807) is 17.0 Å². The lowest BCUT2D eigenvalue weighted by atomic mass is 10.0. The van der Waals surface area contributed by atoms with Crippen LogP contribution in [0.5, 0.6) is 0 Å². The van der Waals surface area contributed by atoms with Crippen LogP contribution in [-0.4, -0.2) is 33.8 Å². The van der Waals surface area contributed by atoms with Crippen LogP contribution in [0, 0.1) is 0 Å². The summed E-state index contributed by atoms with van der Waals surface area (Å²) >= 11 is 13.6. The summed E-state index contributed by atoms with van der Waals surface area (Å²) in [6.45, 7) is 3.59. The van der Waals surface area contributed by atoms with Gasteiger partial charge in [-0.15, -0.1) is 11.8 Å². The Hall–Kier alpha value is -0.420. The maximum Gasteiger partial charge on any atom is 0.234 e. The van der Waals surface area contributed by atoms with Gasteiger partial charge in [-0.3, -0.25) is 4.79 Å². The standard InChI is InChI=1S/C13H15Cl2NO2S/c1-13(2,7-17)16-11(18)6-19-12(16)9-4-3-8(14)5-10(9)15/h3-5,12,17H,6-7H2,1-2H3. The van der Waals surface area contributed by atoms with Crippen molar-refractivity contribution in [1.82, 2.24) is 4.90 Å². The molecule has 2 rings (SSSR count). The highest BCUT2D eigenvalue weighted by molar-refractivity contribution is 8.00. The number of nitrogens with zero attached hydrogens (tertiary/aromatic N) is 1. The van der Waals surface area contributed by atoms with E-state index >= 15 is 0 Å². The number of hydrogen-bond acceptors (Lipinski definition) is 3. The first-order valence-electron chi connectivity index (χ1n) is 5.86. The fourth-order valence-electron chi connectivity index (χ4n) is 2.09. The molecule has 1 amide bonds. The number of rotatable bonds is 3. The maximum absolute atomic E-state index is 12.1. The molecule has 19 heavy (non-hydrogen) atoms. The van der Waals surface area contributed by atoms with Crippen LogP contribution in [0.2, 0.25) is 10.0 Å². The third-order valence-corrected chi connectivity index (χ3v) is 4.89. The van der Waals surface area contributed by atoms with Crippen molar-refractivity contribution in [2.75, 3.05) is 12.4 Å². The number of halogens is 2. The number of carbonyl (C=O) groups is 1. The lowest BCUT2D eigenvalue weighted by molar-refractivity contribution is -0.134. The number of amides is 1. The largest absolute Gasteiger partial charge is 0.394 e. The van der Waals surface area contributed by atoms with Gasteiger partial charge in [-0.05, 0) is 26.0 Å². The molecule has 1 saturated heterocycles. The lowest BCUT2D eigenvalue weighted by Gasteiger charge is -2.38. The van der Waals surface area contributed by atoms with Gasteiger partial charge in [0.05, 0.1) is 17.9 Å². The normalized spacial score (nSPS) is 20.2. The number of aliphatic hydroxyl groups excluding tert-OH is 1. The summed E-state index contributed by atoms with van der Waals surface area (Å²) in [5, 5.41) is 10.4. The van der Waals surface area contributed by atoms with Crippen molar-refractivity contribution in [2.45, 2.75) is 24.8 Å². The number of benzene rings is 1. The molecular formula is C13H15Cl2NO2S.